The van der Waals surface area contributed by atoms with Crippen molar-refractivity contribution in [1.82, 2.24) is 4.57 Å². The van der Waals surface area contributed by atoms with Gasteiger partial charge in [0.2, 0.25) is 0 Å². The van der Waals surface area contributed by atoms with E-state index in [-0.39, 0.29) is 6.54 Å². The SMILES string of the molecule is O=C(O)c1ccn(Cc2cccc(F)c2)c1C(F)(F)F. The number of benzene rings is 1. The van der Waals surface area contributed by atoms with Gasteiger partial charge in [0.25, 0.3) is 0 Å². The molecule has 1 aromatic heterocycles. The fraction of sp³-hybridized carbons (Fsp3) is 0.154. The summed E-state index contributed by atoms with van der Waals surface area (Å²) in [7, 11) is 0. The van der Waals surface area contributed by atoms with Crippen molar-refractivity contribution < 1.29 is 27.5 Å². The molecular weight excluding hydrogens is 278 g/mol. The number of hydrogen-bond donors (Lipinski definition) is 1. The number of hydrogen-bond acceptors (Lipinski definition) is 1. The van der Waals surface area contributed by atoms with Gasteiger partial charge in [-0.2, -0.15) is 13.2 Å². The van der Waals surface area contributed by atoms with Crippen LogP contribution in [-0.4, -0.2) is 15.6 Å². The van der Waals surface area contributed by atoms with Crippen molar-refractivity contribution >= 4 is 5.97 Å². The topological polar surface area (TPSA) is 42.2 Å². The summed E-state index contributed by atoms with van der Waals surface area (Å²) in [5, 5.41) is 8.78. The first-order valence-corrected chi connectivity index (χ1v) is 5.53. The number of carboxylic acid groups (broad SMARTS) is 1. The van der Waals surface area contributed by atoms with Gasteiger partial charge in [0.1, 0.15) is 11.5 Å². The summed E-state index contributed by atoms with van der Waals surface area (Å²) in [6, 6.07) is 5.99. The molecule has 1 N–H and O–H groups in total. The number of rotatable bonds is 3. The van der Waals surface area contributed by atoms with E-state index in [1.54, 1.807) is 0 Å². The number of aromatic nitrogens is 1. The fourth-order valence-corrected chi connectivity index (χ4v) is 1.92. The van der Waals surface area contributed by atoms with Gasteiger partial charge in [-0.1, -0.05) is 12.1 Å². The van der Waals surface area contributed by atoms with Gasteiger partial charge in [-0.25, -0.2) is 9.18 Å². The molecule has 0 aliphatic carbocycles. The zero-order valence-corrected chi connectivity index (χ0v) is 9.99. The van der Waals surface area contributed by atoms with Crippen LogP contribution in [0.25, 0.3) is 0 Å². The highest BCUT2D eigenvalue weighted by atomic mass is 19.4. The first kappa shape index (κ1) is 14.1. The molecule has 2 rings (SSSR count). The maximum Gasteiger partial charge on any atom is 0.432 e. The molecule has 0 saturated carbocycles. The van der Waals surface area contributed by atoms with E-state index >= 15 is 0 Å². The molecule has 1 aromatic carbocycles. The lowest BCUT2D eigenvalue weighted by Gasteiger charge is -2.13. The van der Waals surface area contributed by atoms with Crippen molar-refractivity contribution in [2.75, 3.05) is 0 Å². The van der Waals surface area contributed by atoms with E-state index in [9.17, 15) is 22.4 Å². The predicted molar refractivity (Wildman–Crippen MR) is 61.9 cm³/mol. The molecule has 7 heteroatoms. The van der Waals surface area contributed by atoms with Crippen molar-refractivity contribution in [3.63, 3.8) is 0 Å². The van der Waals surface area contributed by atoms with Crippen molar-refractivity contribution in [1.29, 1.82) is 0 Å². The van der Waals surface area contributed by atoms with Gasteiger partial charge >= 0.3 is 12.1 Å². The number of nitrogens with zero attached hydrogens (tertiary/aromatic N) is 1. The smallest absolute Gasteiger partial charge is 0.432 e. The minimum atomic E-state index is -4.80. The molecule has 0 amide bonds. The Morgan fingerprint density at radius 2 is 1.95 bits per heavy atom. The zero-order chi connectivity index (χ0) is 14.9. The molecule has 0 radical (unpaired) electrons. The predicted octanol–water partition coefficient (Wildman–Crippen LogP) is 3.39. The van der Waals surface area contributed by atoms with Crippen molar-refractivity contribution in [2.24, 2.45) is 0 Å². The Balaban J connectivity index is 2.45. The van der Waals surface area contributed by atoms with Gasteiger partial charge in [0, 0.05) is 12.7 Å². The molecule has 1 heterocycles. The van der Waals surface area contributed by atoms with E-state index in [0.29, 0.717) is 5.56 Å². The molecule has 3 nitrogen and oxygen atoms in total. The number of carboxylic acids is 1. The third-order valence-corrected chi connectivity index (χ3v) is 2.70. The average molecular weight is 287 g/mol. The highest BCUT2D eigenvalue weighted by Crippen LogP contribution is 2.33. The summed E-state index contributed by atoms with van der Waals surface area (Å²) in [5.41, 5.74) is -1.77. The Hall–Kier alpha value is -2.31. The van der Waals surface area contributed by atoms with E-state index in [1.165, 1.54) is 18.2 Å². The second-order valence-corrected chi connectivity index (χ2v) is 4.14. The first-order chi connectivity index (χ1) is 9.29. The maximum absolute atomic E-state index is 13.0. The molecule has 106 valence electrons. The van der Waals surface area contributed by atoms with Gasteiger partial charge in [0.15, 0.2) is 0 Å². The lowest BCUT2D eigenvalue weighted by molar-refractivity contribution is -0.143. The third-order valence-electron chi connectivity index (χ3n) is 2.70. The molecule has 0 saturated heterocycles. The molecule has 0 spiro atoms. The summed E-state index contributed by atoms with van der Waals surface area (Å²) in [6.07, 6.45) is -3.78. The molecule has 0 fully saturated rings. The van der Waals surface area contributed by atoms with Crippen molar-refractivity contribution in [3.05, 3.63) is 59.2 Å². The highest BCUT2D eigenvalue weighted by Gasteiger charge is 2.39. The van der Waals surface area contributed by atoms with Crippen LogP contribution in [0, 0.1) is 5.82 Å². The van der Waals surface area contributed by atoms with Crippen LogP contribution in [0.1, 0.15) is 21.6 Å². The Labute approximate surface area is 111 Å². The van der Waals surface area contributed by atoms with Gasteiger partial charge in [0.05, 0.1) is 5.56 Å². The minimum absolute atomic E-state index is 0.264. The normalized spacial score (nSPS) is 11.6. The van der Waals surface area contributed by atoms with Crippen LogP contribution in [0.2, 0.25) is 0 Å². The van der Waals surface area contributed by atoms with Gasteiger partial charge in [-0.05, 0) is 23.8 Å². The van der Waals surface area contributed by atoms with Crippen LogP contribution >= 0.6 is 0 Å². The monoisotopic (exact) mass is 287 g/mol. The van der Waals surface area contributed by atoms with Crippen LogP contribution in [0.3, 0.4) is 0 Å². The molecule has 0 aliphatic heterocycles. The van der Waals surface area contributed by atoms with Crippen LogP contribution in [0.15, 0.2) is 36.5 Å². The summed E-state index contributed by atoms with van der Waals surface area (Å²) in [5.74, 6) is -2.23. The summed E-state index contributed by atoms with van der Waals surface area (Å²) in [4.78, 5) is 10.8. The number of halogens is 4. The van der Waals surface area contributed by atoms with E-state index in [0.717, 1.165) is 22.9 Å². The van der Waals surface area contributed by atoms with Gasteiger partial charge < -0.3 is 9.67 Å². The highest BCUT2D eigenvalue weighted by molar-refractivity contribution is 5.89. The quantitative estimate of drug-likeness (QED) is 0.879. The molecule has 2 aromatic rings. The summed E-state index contributed by atoms with van der Waals surface area (Å²) < 4.78 is 52.5. The van der Waals surface area contributed by atoms with Gasteiger partial charge in [-0.3, -0.25) is 0 Å². The number of alkyl halides is 3. The van der Waals surface area contributed by atoms with Crippen LogP contribution in [0.4, 0.5) is 17.6 Å². The maximum atomic E-state index is 13.0. The van der Waals surface area contributed by atoms with Crippen LogP contribution in [-0.2, 0) is 12.7 Å². The van der Waals surface area contributed by atoms with Crippen LogP contribution in [0.5, 0.6) is 0 Å². The second kappa shape index (κ2) is 4.99. The lowest BCUT2D eigenvalue weighted by Crippen LogP contribution is -2.17. The van der Waals surface area contributed by atoms with Crippen LogP contribution < -0.4 is 0 Å². The molecule has 20 heavy (non-hydrogen) atoms. The molecule has 0 unspecified atom stereocenters. The first-order valence-electron chi connectivity index (χ1n) is 5.53. The molecule has 0 atom stereocenters. The Morgan fingerprint density at radius 1 is 1.25 bits per heavy atom. The fourth-order valence-electron chi connectivity index (χ4n) is 1.92. The van der Waals surface area contributed by atoms with Crippen molar-refractivity contribution in [2.45, 2.75) is 12.7 Å². The number of aromatic carboxylic acids is 1. The molecule has 0 bridgehead atoms. The largest absolute Gasteiger partial charge is 0.478 e. The average Bonchev–Trinajstić information content (AvgIpc) is 2.72. The Morgan fingerprint density at radius 3 is 2.50 bits per heavy atom. The van der Waals surface area contributed by atoms with Crippen molar-refractivity contribution in [3.8, 4) is 0 Å². The molecular formula is C13H9F4NO2. The second-order valence-electron chi connectivity index (χ2n) is 4.14. The third kappa shape index (κ3) is 2.81. The van der Waals surface area contributed by atoms with E-state index in [1.807, 2.05) is 0 Å². The van der Waals surface area contributed by atoms with E-state index in [2.05, 4.69) is 0 Å². The van der Waals surface area contributed by atoms with E-state index in [4.69, 9.17) is 5.11 Å². The molecule has 0 aliphatic rings. The summed E-state index contributed by atoms with van der Waals surface area (Å²) in [6.45, 7) is -0.264. The Bertz CT molecular complexity index is 646. The lowest BCUT2D eigenvalue weighted by atomic mass is 10.2. The van der Waals surface area contributed by atoms with Gasteiger partial charge in [-0.15, -0.1) is 0 Å². The minimum Gasteiger partial charge on any atom is -0.478 e. The standard InChI is InChI=1S/C13H9F4NO2/c14-9-3-1-2-8(6-9)7-18-5-4-10(12(19)20)11(18)13(15,16)17/h1-6H,7H2,(H,19,20). The Kier molecular flexibility index (Phi) is 3.52. The summed E-state index contributed by atoms with van der Waals surface area (Å²) >= 11 is 0. The number of carbonyl (C=O) groups is 1. The van der Waals surface area contributed by atoms with E-state index < -0.39 is 29.2 Å². The zero-order valence-electron chi connectivity index (χ0n) is 9.99.